The van der Waals surface area contributed by atoms with Gasteiger partial charge in [0, 0.05) is 53.8 Å². The van der Waals surface area contributed by atoms with E-state index in [1.807, 2.05) is 16.8 Å². The highest BCUT2D eigenvalue weighted by atomic mass is 32.1. The summed E-state index contributed by atoms with van der Waals surface area (Å²) in [4.78, 5) is 14.4. The Morgan fingerprint density at radius 3 is 2.52 bits per heavy atom. The van der Waals surface area contributed by atoms with Crippen molar-refractivity contribution in [1.29, 1.82) is 0 Å². The van der Waals surface area contributed by atoms with Crippen LogP contribution in [0.2, 0.25) is 0 Å². The second-order valence-electron chi connectivity index (χ2n) is 6.75. The fourth-order valence-corrected chi connectivity index (χ4v) is 3.94. The number of urea groups is 1. The van der Waals surface area contributed by atoms with Crippen molar-refractivity contribution in [2.45, 2.75) is 18.8 Å². The molecule has 0 atom stereocenters. The number of carbonyl (C=O) groups excluding carboxylic acids is 1. The lowest BCUT2D eigenvalue weighted by Crippen LogP contribution is -2.40. The van der Waals surface area contributed by atoms with Crippen LogP contribution in [0.5, 0.6) is 11.5 Å². The number of rotatable bonds is 5. The SMILES string of the molecule is COc1cc(NC(=O)N2CCC(c3nnc(-c4ccsc4)o3)CC2)cc(OC)c1. The number of hydrogen-bond donors (Lipinski definition) is 1. The highest BCUT2D eigenvalue weighted by Crippen LogP contribution is 2.31. The second kappa shape index (κ2) is 8.52. The molecule has 2 aromatic heterocycles. The van der Waals surface area contributed by atoms with Crippen molar-refractivity contribution in [1.82, 2.24) is 15.1 Å². The number of anilines is 1. The predicted molar refractivity (Wildman–Crippen MR) is 110 cm³/mol. The number of nitrogens with one attached hydrogen (secondary N) is 1. The van der Waals surface area contributed by atoms with Crippen molar-refractivity contribution in [2.24, 2.45) is 0 Å². The molecule has 2 amide bonds. The van der Waals surface area contributed by atoms with Crippen LogP contribution in [0, 0.1) is 0 Å². The Morgan fingerprint density at radius 1 is 1.17 bits per heavy atom. The first-order valence-electron chi connectivity index (χ1n) is 9.31. The Morgan fingerprint density at radius 2 is 1.90 bits per heavy atom. The molecule has 0 radical (unpaired) electrons. The first-order chi connectivity index (χ1) is 14.2. The van der Waals surface area contributed by atoms with Crippen LogP contribution in [-0.4, -0.2) is 48.4 Å². The van der Waals surface area contributed by atoms with E-state index in [2.05, 4.69) is 15.5 Å². The van der Waals surface area contributed by atoms with E-state index in [4.69, 9.17) is 13.9 Å². The lowest BCUT2D eigenvalue weighted by Gasteiger charge is -2.30. The largest absolute Gasteiger partial charge is 0.497 e. The maximum Gasteiger partial charge on any atom is 0.321 e. The lowest BCUT2D eigenvalue weighted by molar-refractivity contribution is 0.190. The molecule has 8 nitrogen and oxygen atoms in total. The quantitative estimate of drug-likeness (QED) is 0.672. The summed E-state index contributed by atoms with van der Waals surface area (Å²) in [5.74, 6) is 2.60. The van der Waals surface area contributed by atoms with E-state index in [1.54, 1.807) is 48.7 Å². The molecule has 0 aliphatic carbocycles. The summed E-state index contributed by atoms with van der Waals surface area (Å²) in [6.07, 6.45) is 1.56. The number of likely N-dealkylation sites (tertiary alicyclic amines) is 1. The Balaban J connectivity index is 1.35. The molecule has 1 aliphatic rings. The summed E-state index contributed by atoms with van der Waals surface area (Å²) < 4.78 is 16.3. The van der Waals surface area contributed by atoms with Crippen molar-refractivity contribution < 1.29 is 18.7 Å². The van der Waals surface area contributed by atoms with Crippen LogP contribution in [0.4, 0.5) is 10.5 Å². The van der Waals surface area contributed by atoms with Gasteiger partial charge in [0.25, 0.3) is 0 Å². The minimum atomic E-state index is -0.150. The van der Waals surface area contributed by atoms with Crippen LogP contribution in [0.1, 0.15) is 24.7 Å². The van der Waals surface area contributed by atoms with E-state index in [-0.39, 0.29) is 11.9 Å². The number of aromatic nitrogens is 2. The highest BCUT2D eigenvalue weighted by molar-refractivity contribution is 7.08. The van der Waals surface area contributed by atoms with Gasteiger partial charge in [0.15, 0.2) is 0 Å². The first kappa shape index (κ1) is 19.3. The van der Waals surface area contributed by atoms with Crippen LogP contribution in [-0.2, 0) is 0 Å². The Kier molecular flexibility index (Phi) is 5.66. The molecular formula is C20H22N4O4S. The van der Waals surface area contributed by atoms with Gasteiger partial charge in [-0.1, -0.05) is 0 Å². The molecule has 1 aromatic carbocycles. The number of thiophene rings is 1. The van der Waals surface area contributed by atoms with E-state index in [0.29, 0.717) is 42.1 Å². The third kappa shape index (κ3) is 4.34. The smallest absolute Gasteiger partial charge is 0.321 e. The van der Waals surface area contributed by atoms with E-state index >= 15 is 0 Å². The van der Waals surface area contributed by atoms with Gasteiger partial charge >= 0.3 is 6.03 Å². The van der Waals surface area contributed by atoms with Crippen LogP contribution >= 0.6 is 11.3 Å². The molecule has 1 N–H and O–H groups in total. The van der Waals surface area contributed by atoms with Gasteiger partial charge < -0.3 is 24.1 Å². The summed E-state index contributed by atoms with van der Waals surface area (Å²) >= 11 is 1.59. The second-order valence-corrected chi connectivity index (χ2v) is 7.53. The normalized spacial score (nSPS) is 14.6. The van der Waals surface area contributed by atoms with Crippen LogP contribution in [0.25, 0.3) is 11.5 Å². The van der Waals surface area contributed by atoms with Gasteiger partial charge in [-0.3, -0.25) is 0 Å². The van der Waals surface area contributed by atoms with E-state index in [0.717, 1.165) is 18.4 Å². The number of piperidine rings is 1. The van der Waals surface area contributed by atoms with Crippen LogP contribution < -0.4 is 14.8 Å². The Labute approximate surface area is 172 Å². The fraction of sp³-hybridized carbons (Fsp3) is 0.350. The zero-order valence-corrected chi connectivity index (χ0v) is 17.1. The van der Waals surface area contributed by atoms with Gasteiger partial charge in [-0.25, -0.2) is 4.79 Å². The molecule has 9 heteroatoms. The van der Waals surface area contributed by atoms with Gasteiger partial charge in [0.05, 0.1) is 14.2 Å². The molecule has 3 heterocycles. The van der Waals surface area contributed by atoms with Crippen LogP contribution in [0.15, 0.2) is 39.4 Å². The molecule has 1 fully saturated rings. The number of benzene rings is 1. The molecule has 1 aliphatic heterocycles. The molecule has 0 unspecified atom stereocenters. The topological polar surface area (TPSA) is 89.7 Å². The third-order valence-corrected chi connectivity index (χ3v) is 5.63. The number of carbonyl (C=O) groups is 1. The molecule has 1 saturated heterocycles. The Bertz CT molecular complexity index is 943. The van der Waals surface area contributed by atoms with Crippen molar-refractivity contribution in [3.05, 3.63) is 40.9 Å². The first-order valence-corrected chi connectivity index (χ1v) is 10.3. The number of nitrogens with zero attached hydrogens (tertiary/aromatic N) is 3. The maximum atomic E-state index is 12.7. The number of amides is 2. The summed E-state index contributed by atoms with van der Waals surface area (Å²) in [7, 11) is 3.15. The molecule has 3 aromatic rings. The van der Waals surface area contributed by atoms with E-state index in [1.165, 1.54) is 0 Å². The Hall–Kier alpha value is -3.07. The standard InChI is InChI=1S/C20H22N4O4S/c1-26-16-9-15(10-17(11-16)27-2)21-20(25)24-6-3-13(4-7-24)18-22-23-19(28-18)14-5-8-29-12-14/h5,8-13H,3-4,6-7H2,1-2H3,(H,21,25). The third-order valence-electron chi connectivity index (χ3n) is 4.94. The van der Waals surface area contributed by atoms with Gasteiger partial charge in [-0.05, 0) is 24.3 Å². The van der Waals surface area contributed by atoms with Gasteiger partial charge in [-0.2, -0.15) is 11.3 Å². The highest BCUT2D eigenvalue weighted by Gasteiger charge is 2.27. The molecule has 0 saturated carbocycles. The summed E-state index contributed by atoms with van der Waals surface area (Å²) in [6.45, 7) is 1.24. The number of methoxy groups -OCH3 is 2. The zero-order chi connectivity index (χ0) is 20.2. The summed E-state index contributed by atoms with van der Waals surface area (Å²) in [5, 5.41) is 15.2. The maximum absolute atomic E-state index is 12.7. The fourth-order valence-electron chi connectivity index (χ4n) is 3.31. The molecule has 152 valence electrons. The van der Waals surface area contributed by atoms with Crippen molar-refractivity contribution in [2.75, 3.05) is 32.6 Å². The van der Waals surface area contributed by atoms with Gasteiger partial charge in [0.2, 0.25) is 11.8 Å². The van der Waals surface area contributed by atoms with E-state index in [9.17, 15) is 4.79 Å². The van der Waals surface area contributed by atoms with Crippen molar-refractivity contribution in [3.63, 3.8) is 0 Å². The average Bonchev–Trinajstić information content (AvgIpc) is 3.45. The van der Waals surface area contributed by atoms with Crippen molar-refractivity contribution >= 4 is 23.1 Å². The minimum absolute atomic E-state index is 0.150. The molecule has 0 spiro atoms. The zero-order valence-electron chi connectivity index (χ0n) is 16.3. The molecule has 29 heavy (non-hydrogen) atoms. The van der Waals surface area contributed by atoms with E-state index < -0.39 is 0 Å². The summed E-state index contributed by atoms with van der Waals surface area (Å²) in [5.41, 5.74) is 1.57. The average molecular weight is 414 g/mol. The lowest BCUT2D eigenvalue weighted by atomic mass is 9.97. The number of ether oxygens (including phenoxy) is 2. The predicted octanol–water partition coefficient (Wildman–Crippen LogP) is 4.23. The van der Waals surface area contributed by atoms with Crippen molar-refractivity contribution in [3.8, 4) is 23.0 Å². The van der Waals surface area contributed by atoms with Crippen LogP contribution in [0.3, 0.4) is 0 Å². The molecular weight excluding hydrogens is 392 g/mol. The molecule has 4 rings (SSSR count). The molecule has 0 bridgehead atoms. The minimum Gasteiger partial charge on any atom is -0.497 e. The van der Waals surface area contributed by atoms with Gasteiger partial charge in [-0.15, -0.1) is 10.2 Å². The number of hydrogen-bond acceptors (Lipinski definition) is 7. The monoisotopic (exact) mass is 414 g/mol. The summed E-state index contributed by atoms with van der Waals surface area (Å²) in [6, 6.07) is 7.09. The van der Waals surface area contributed by atoms with Gasteiger partial charge in [0.1, 0.15) is 11.5 Å².